The highest BCUT2D eigenvalue weighted by Gasteiger charge is 2.34. The first kappa shape index (κ1) is 19.6. The van der Waals surface area contributed by atoms with Gasteiger partial charge >= 0.3 is 6.18 Å². The number of rotatable bonds is 3. The van der Waals surface area contributed by atoms with E-state index in [-0.39, 0.29) is 18.1 Å². The Balaban J connectivity index is 2.23. The van der Waals surface area contributed by atoms with Crippen LogP contribution in [0, 0.1) is 0 Å². The van der Waals surface area contributed by atoms with E-state index in [0.717, 1.165) is 42.7 Å². The van der Waals surface area contributed by atoms with Crippen molar-refractivity contribution in [2.75, 3.05) is 24.5 Å². The molecular formula is C17H20ClF3N2O2. The first-order valence-electron chi connectivity index (χ1n) is 8.13. The summed E-state index contributed by atoms with van der Waals surface area (Å²) in [5, 5.41) is -0.446. The Morgan fingerprint density at radius 2 is 1.76 bits per heavy atom. The molecule has 0 aromatic heterocycles. The van der Waals surface area contributed by atoms with Crippen LogP contribution in [0.1, 0.15) is 38.2 Å². The molecule has 8 heteroatoms. The van der Waals surface area contributed by atoms with E-state index in [1.165, 1.54) is 13.0 Å². The SMILES string of the molecule is CC(=O)N(CC(=O)N1CCCCCC1)c1ccc(Cl)c(C(F)(F)F)c1. The van der Waals surface area contributed by atoms with Crippen molar-refractivity contribution >= 4 is 29.1 Å². The molecule has 0 bridgehead atoms. The van der Waals surface area contributed by atoms with E-state index in [0.29, 0.717) is 13.1 Å². The van der Waals surface area contributed by atoms with Crippen molar-refractivity contribution < 1.29 is 22.8 Å². The van der Waals surface area contributed by atoms with Gasteiger partial charge < -0.3 is 9.80 Å². The first-order chi connectivity index (χ1) is 11.7. The van der Waals surface area contributed by atoms with E-state index >= 15 is 0 Å². The van der Waals surface area contributed by atoms with E-state index in [1.807, 2.05) is 0 Å². The molecule has 1 saturated heterocycles. The van der Waals surface area contributed by atoms with Gasteiger partial charge in [-0.2, -0.15) is 13.2 Å². The fourth-order valence-electron chi connectivity index (χ4n) is 2.84. The summed E-state index contributed by atoms with van der Waals surface area (Å²) in [5.74, 6) is -0.765. The molecule has 1 aliphatic heterocycles. The van der Waals surface area contributed by atoms with Crippen molar-refractivity contribution in [2.24, 2.45) is 0 Å². The zero-order valence-electron chi connectivity index (χ0n) is 13.9. The molecule has 1 aromatic carbocycles. The van der Waals surface area contributed by atoms with Gasteiger partial charge in [-0.05, 0) is 31.0 Å². The van der Waals surface area contributed by atoms with Gasteiger partial charge in [0.25, 0.3) is 0 Å². The van der Waals surface area contributed by atoms with E-state index in [9.17, 15) is 22.8 Å². The normalized spacial score (nSPS) is 15.6. The van der Waals surface area contributed by atoms with Gasteiger partial charge in [0.15, 0.2) is 0 Å². The minimum Gasteiger partial charge on any atom is -0.341 e. The van der Waals surface area contributed by atoms with Crippen molar-refractivity contribution in [1.29, 1.82) is 0 Å². The number of hydrogen-bond acceptors (Lipinski definition) is 2. The maximum absolute atomic E-state index is 13.0. The second-order valence-electron chi connectivity index (χ2n) is 6.06. The fraction of sp³-hybridized carbons (Fsp3) is 0.529. The third-order valence-corrected chi connectivity index (χ3v) is 4.53. The monoisotopic (exact) mass is 376 g/mol. The molecule has 2 amide bonds. The van der Waals surface area contributed by atoms with Crippen LogP contribution in [0.5, 0.6) is 0 Å². The van der Waals surface area contributed by atoms with Gasteiger partial charge in [0.1, 0.15) is 6.54 Å². The highest BCUT2D eigenvalue weighted by atomic mass is 35.5. The van der Waals surface area contributed by atoms with Gasteiger partial charge in [-0.25, -0.2) is 0 Å². The number of benzene rings is 1. The molecule has 1 aromatic rings. The summed E-state index contributed by atoms with van der Waals surface area (Å²) in [6.07, 6.45) is -0.751. The molecule has 25 heavy (non-hydrogen) atoms. The largest absolute Gasteiger partial charge is 0.417 e. The van der Waals surface area contributed by atoms with Crippen molar-refractivity contribution in [1.82, 2.24) is 4.90 Å². The third-order valence-electron chi connectivity index (χ3n) is 4.20. The Morgan fingerprint density at radius 3 is 2.28 bits per heavy atom. The van der Waals surface area contributed by atoms with Crippen LogP contribution in [0.15, 0.2) is 18.2 Å². The van der Waals surface area contributed by atoms with Gasteiger partial charge in [0.2, 0.25) is 11.8 Å². The molecule has 0 aliphatic carbocycles. The Labute approximate surface area is 149 Å². The molecule has 1 heterocycles. The van der Waals surface area contributed by atoms with E-state index in [4.69, 9.17) is 11.6 Å². The number of nitrogens with zero attached hydrogens (tertiary/aromatic N) is 2. The summed E-state index contributed by atoms with van der Waals surface area (Å²) in [4.78, 5) is 27.1. The average Bonchev–Trinajstić information content (AvgIpc) is 2.81. The molecule has 0 unspecified atom stereocenters. The van der Waals surface area contributed by atoms with Gasteiger partial charge in [-0.15, -0.1) is 0 Å². The summed E-state index contributed by atoms with van der Waals surface area (Å²) in [6.45, 7) is 2.16. The molecule has 0 spiro atoms. The van der Waals surface area contributed by atoms with Crippen LogP contribution >= 0.6 is 11.6 Å². The van der Waals surface area contributed by atoms with E-state index in [2.05, 4.69) is 0 Å². The minimum absolute atomic E-state index is 0.00685. The number of likely N-dealkylation sites (tertiary alicyclic amines) is 1. The maximum Gasteiger partial charge on any atom is 0.417 e. The van der Waals surface area contributed by atoms with Gasteiger partial charge in [-0.3, -0.25) is 9.59 Å². The van der Waals surface area contributed by atoms with Crippen molar-refractivity contribution in [3.8, 4) is 0 Å². The number of halogens is 4. The molecule has 0 saturated carbocycles. The lowest BCUT2D eigenvalue weighted by Gasteiger charge is -2.26. The van der Waals surface area contributed by atoms with E-state index in [1.54, 1.807) is 4.90 Å². The average molecular weight is 377 g/mol. The maximum atomic E-state index is 13.0. The lowest BCUT2D eigenvalue weighted by Crippen LogP contribution is -2.42. The summed E-state index contributed by atoms with van der Waals surface area (Å²) in [6, 6.07) is 3.21. The summed E-state index contributed by atoms with van der Waals surface area (Å²) in [7, 11) is 0. The second kappa shape index (κ2) is 8.08. The van der Waals surface area contributed by atoms with Crippen molar-refractivity contribution in [3.05, 3.63) is 28.8 Å². The third kappa shape index (κ3) is 5.11. The first-order valence-corrected chi connectivity index (χ1v) is 8.50. The highest BCUT2D eigenvalue weighted by Crippen LogP contribution is 2.37. The number of carbonyl (C=O) groups is 2. The van der Waals surface area contributed by atoms with Gasteiger partial charge in [0.05, 0.1) is 10.6 Å². The predicted octanol–water partition coefficient (Wildman–Crippen LogP) is 4.11. The number of amides is 2. The Hall–Kier alpha value is -1.76. The number of anilines is 1. The van der Waals surface area contributed by atoms with Crippen molar-refractivity contribution in [2.45, 2.75) is 38.8 Å². The molecule has 0 N–H and O–H groups in total. The zero-order valence-corrected chi connectivity index (χ0v) is 14.7. The molecule has 0 radical (unpaired) electrons. The predicted molar refractivity (Wildman–Crippen MR) is 89.5 cm³/mol. The summed E-state index contributed by atoms with van der Waals surface area (Å²) >= 11 is 5.61. The fourth-order valence-corrected chi connectivity index (χ4v) is 3.06. The molecule has 138 valence electrons. The standard InChI is InChI=1S/C17H20ClF3N2O2/c1-12(24)23(11-16(25)22-8-4-2-3-5-9-22)13-6-7-15(18)14(10-13)17(19,20)21/h6-7,10H,2-5,8-9,11H2,1H3. The van der Waals surface area contributed by atoms with Crippen molar-refractivity contribution in [3.63, 3.8) is 0 Å². The smallest absolute Gasteiger partial charge is 0.341 e. The van der Waals surface area contributed by atoms with Crippen LogP contribution in [0.25, 0.3) is 0 Å². The minimum atomic E-state index is -4.63. The van der Waals surface area contributed by atoms with Gasteiger partial charge in [0, 0.05) is 25.7 Å². The quantitative estimate of drug-likeness (QED) is 0.796. The summed E-state index contributed by atoms with van der Waals surface area (Å²) < 4.78 is 39.1. The number of carbonyl (C=O) groups excluding carboxylic acids is 2. The Morgan fingerprint density at radius 1 is 1.16 bits per heavy atom. The van der Waals surface area contributed by atoms with Crippen LogP contribution in [0.4, 0.5) is 18.9 Å². The van der Waals surface area contributed by atoms with Crippen LogP contribution in [0.3, 0.4) is 0 Å². The zero-order chi connectivity index (χ0) is 18.6. The topological polar surface area (TPSA) is 40.6 Å². The number of hydrogen-bond donors (Lipinski definition) is 0. The van der Waals surface area contributed by atoms with Crippen LogP contribution in [0.2, 0.25) is 5.02 Å². The molecule has 1 fully saturated rings. The summed E-state index contributed by atoms with van der Waals surface area (Å²) in [5.41, 5.74) is -1.02. The van der Waals surface area contributed by atoms with Crippen LogP contribution in [-0.4, -0.2) is 36.3 Å². The van der Waals surface area contributed by atoms with E-state index < -0.39 is 22.7 Å². The molecule has 4 nitrogen and oxygen atoms in total. The number of alkyl halides is 3. The van der Waals surface area contributed by atoms with Crippen LogP contribution < -0.4 is 4.90 Å². The molecule has 1 aliphatic rings. The van der Waals surface area contributed by atoms with Crippen LogP contribution in [-0.2, 0) is 15.8 Å². The Kier molecular flexibility index (Phi) is 6.32. The molecular weight excluding hydrogens is 357 g/mol. The lowest BCUT2D eigenvalue weighted by atomic mass is 10.1. The van der Waals surface area contributed by atoms with Gasteiger partial charge in [-0.1, -0.05) is 24.4 Å². The second-order valence-corrected chi connectivity index (χ2v) is 6.47. The highest BCUT2D eigenvalue weighted by molar-refractivity contribution is 6.31. The molecule has 0 atom stereocenters. The Bertz CT molecular complexity index is 641. The lowest BCUT2D eigenvalue weighted by molar-refractivity contribution is -0.137. The molecule has 2 rings (SSSR count).